The Bertz CT molecular complexity index is 742. The molecular formula is C18H19NO4S. The van der Waals surface area contributed by atoms with E-state index in [0.717, 1.165) is 10.5 Å². The molecule has 1 atom stereocenters. The van der Waals surface area contributed by atoms with E-state index in [-0.39, 0.29) is 12.5 Å². The van der Waals surface area contributed by atoms with E-state index in [1.54, 1.807) is 29.7 Å². The molecule has 1 N–H and O–H groups in total. The van der Waals surface area contributed by atoms with Crippen LogP contribution in [0.3, 0.4) is 0 Å². The Morgan fingerprint density at radius 1 is 1.29 bits per heavy atom. The zero-order valence-electron chi connectivity index (χ0n) is 13.4. The summed E-state index contributed by atoms with van der Waals surface area (Å²) in [6.07, 6.45) is 1.98. The fourth-order valence-corrected chi connectivity index (χ4v) is 3.67. The number of nitrogens with zero attached hydrogens (tertiary/aromatic N) is 1. The van der Waals surface area contributed by atoms with Crippen molar-refractivity contribution in [2.75, 3.05) is 13.1 Å². The van der Waals surface area contributed by atoms with Crippen LogP contribution in [0.4, 0.5) is 0 Å². The van der Waals surface area contributed by atoms with Gasteiger partial charge in [0, 0.05) is 29.3 Å². The summed E-state index contributed by atoms with van der Waals surface area (Å²) in [6, 6.07) is 11.7. The number of amides is 1. The van der Waals surface area contributed by atoms with E-state index in [1.807, 2.05) is 30.3 Å². The number of rotatable bonds is 5. The molecule has 1 aliphatic heterocycles. The smallest absolute Gasteiger partial charge is 0.311 e. The van der Waals surface area contributed by atoms with Crippen LogP contribution in [0.25, 0.3) is 0 Å². The van der Waals surface area contributed by atoms with Crippen molar-refractivity contribution in [1.29, 1.82) is 0 Å². The number of hydrogen-bond donors (Lipinski definition) is 1. The van der Waals surface area contributed by atoms with Crippen LogP contribution >= 0.6 is 11.8 Å². The number of carboxylic acids is 1. The monoisotopic (exact) mass is 345 g/mol. The van der Waals surface area contributed by atoms with Crippen LogP contribution in [0.5, 0.6) is 0 Å². The summed E-state index contributed by atoms with van der Waals surface area (Å²) in [5, 5.41) is 9.30. The van der Waals surface area contributed by atoms with Crippen molar-refractivity contribution >= 4 is 23.6 Å². The molecule has 0 radical (unpaired) electrons. The van der Waals surface area contributed by atoms with Crippen LogP contribution in [0.2, 0.25) is 0 Å². The molecule has 1 aromatic heterocycles. The Morgan fingerprint density at radius 2 is 2.04 bits per heavy atom. The molecule has 1 amide bonds. The van der Waals surface area contributed by atoms with Gasteiger partial charge in [0.2, 0.25) is 0 Å². The lowest BCUT2D eigenvalue weighted by Crippen LogP contribution is -2.35. The second-order valence-corrected chi connectivity index (χ2v) is 7.27. The molecule has 0 bridgehead atoms. The minimum Gasteiger partial charge on any atom is -0.481 e. The molecule has 1 aromatic carbocycles. The average molecular weight is 345 g/mol. The Labute approximate surface area is 144 Å². The van der Waals surface area contributed by atoms with Gasteiger partial charge in [-0.3, -0.25) is 9.59 Å². The molecule has 6 heteroatoms. The maximum atomic E-state index is 12.7. The summed E-state index contributed by atoms with van der Waals surface area (Å²) < 4.78 is 5.40. The summed E-state index contributed by atoms with van der Waals surface area (Å²) in [6.45, 7) is 2.33. The molecule has 2 aromatic rings. The third-order valence-electron chi connectivity index (χ3n) is 4.36. The van der Waals surface area contributed by atoms with Gasteiger partial charge in [-0.1, -0.05) is 18.2 Å². The third kappa shape index (κ3) is 3.33. The lowest BCUT2D eigenvalue weighted by Gasteiger charge is -2.19. The largest absolute Gasteiger partial charge is 0.481 e. The van der Waals surface area contributed by atoms with Gasteiger partial charge in [-0.05, 0) is 31.5 Å². The van der Waals surface area contributed by atoms with Crippen LogP contribution in [-0.4, -0.2) is 35.0 Å². The number of furan rings is 1. The maximum absolute atomic E-state index is 12.7. The summed E-state index contributed by atoms with van der Waals surface area (Å²) in [4.78, 5) is 26.7. The van der Waals surface area contributed by atoms with Crippen LogP contribution in [0, 0.1) is 5.41 Å². The molecule has 2 heterocycles. The molecule has 1 aliphatic rings. The highest BCUT2D eigenvalue weighted by molar-refractivity contribution is 7.98. The maximum Gasteiger partial charge on any atom is 0.311 e. The van der Waals surface area contributed by atoms with Crippen LogP contribution < -0.4 is 0 Å². The minimum absolute atomic E-state index is 0.215. The van der Waals surface area contributed by atoms with Gasteiger partial charge in [-0.2, -0.15) is 0 Å². The Balaban J connectivity index is 1.69. The van der Waals surface area contributed by atoms with Crippen molar-refractivity contribution in [3.05, 3.63) is 54.0 Å². The van der Waals surface area contributed by atoms with Crippen molar-refractivity contribution in [3.8, 4) is 0 Å². The molecular weight excluding hydrogens is 326 g/mol. The number of carboxylic acid groups (broad SMARTS) is 1. The van der Waals surface area contributed by atoms with Crippen molar-refractivity contribution in [2.45, 2.75) is 24.0 Å². The second kappa shape index (κ2) is 6.73. The van der Waals surface area contributed by atoms with Gasteiger partial charge in [0.25, 0.3) is 5.91 Å². The standard InChI is InChI=1S/C18H19NO4S/c1-18(17(21)22)8-9-19(12-18)16(20)15-13(7-10-23-15)11-24-14-5-3-2-4-6-14/h2-7,10H,8-9,11-12H2,1H3,(H,21,22). The number of aliphatic carboxylic acids is 1. The SMILES string of the molecule is CC1(C(=O)O)CCN(C(=O)c2occc2CSc2ccccc2)C1. The van der Waals surface area contributed by atoms with Crippen LogP contribution in [0.1, 0.15) is 29.5 Å². The third-order valence-corrected chi connectivity index (χ3v) is 5.42. The minimum atomic E-state index is -0.874. The molecule has 0 saturated carbocycles. The van der Waals surface area contributed by atoms with E-state index in [1.165, 1.54) is 6.26 Å². The Morgan fingerprint density at radius 3 is 2.71 bits per heavy atom. The summed E-state index contributed by atoms with van der Waals surface area (Å²) >= 11 is 1.63. The highest BCUT2D eigenvalue weighted by Gasteiger charge is 2.43. The number of carbonyl (C=O) groups is 2. The number of carbonyl (C=O) groups excluding carboxylic acids is 1. The Hall–Kier alpha value is -2.21. The van der Waals surface area contributed by atoms with Gasteiger partial charge in [0.05, 0.1) is 11.7 Å². The molecule has 5 nitrogen and oxygen atoms in total. The van der Waals surface area contributed by atoms with Gasteiger partial charge in [-0.25, -0.2) is 0 Å². The number of benzene rings is 1. The van der Waals surface area contributed by atoms with E-state index in [4.69, 9.17) is 4.42 Å². The first-order chi connectivity index (χ1) is 11.5. The fourth-order valence-electron chi connectivity index (χ4n) is 2.77. The second-order valence-electron chi connectivity index (χ2n) is 6.22. The quantitative estimate of drug-likeness (QED) is 0.840. The zero-order valence-corrected chi connectivity index (χ0v) is 14.2. The zero-order chi connectivity index (χ0) is 17.2. The fraction of sp³-hybridized carbons (Fsp3) is 0.333. The van der Waals surface area contributed by atoms with Crippen molar-refractivity contribution in [2.24, 2.45) is 5.41 Å². The first-order valence-electron chi connectivity index (χ1n) is 7.76. The van der Waals surface area contributed by atoms with Gasteiger partial charge in [-0.15, -0.1) is 11.8 Å². The molecule has 1 saturated heterocycles. The average Bonchev–Trinajstić information content (AvgIpc) is 3.21. The Kier molecular flexibility index (Phi) is 4.66. The van der Waals surface area contributed by atoms with Crippen LogP contribution in [-0.2, 0) is 10.5 Å². The molecule has 3 rings (SSSR count). The summed E-state index contributed by atoms with van der Waals surface area (Å²) in [5.74, 6) is -0.148. The van der Waals surface area contributed by atoms with E-state index in [0.29, 0.717) is 24.5 Å². The number of hydrogen-bond acceptors (Lipinski definition) is 4. The summed E-state index contributed by atoms with van der Waals surface area (Å²) in [5.41, 5.74) is -0.0425. The first-order valence-corrected chi connectivity index (χ1v) is 8.75. The normalized spacial score (nSPS) is 20.3. The lowest BCUT2D eigenvalue weighted by atomic mass is 9.90. The molecule has 24 heavy (non-hydrogen) atoms. The topological polar surface area (TPSA) is 70.8 Å². The summed E-state index contributed by atoms with van der Waals surface area (Å²) in [7, 11) is 0. The highest BCUT2D eigenvalue weighted by Crippen LogP contribution is 2.32. The number of likely N-dealkylation sites (tertiary alicyclic amines) is 1. The van der Waals surface area contributed by atoms with E-state index >= 15 is 0 Å². The van der Waals surface area contributed by atoms with Gasteiger partial charge < -0.3 is 14.4 Å². The van der Waals surface area contributed by atoms with E-state index in [9.17, 15) is 14.7 Å². The van der Waals surface area contributed by atoms with Crippen molar-refractivity contribution in [1.82, 2.24) is 4.90 Å². The predicted octanol–water partition coefficient (Wildman–Crippen LogP) is 3.51. The van der Waals surface area contributed by atoms with E-state index in [2.05, 4.69) is 0 Å². The predicted molar refractivity (Wildman–Crippen MR) is 91.0 cm³/mol. The highest BCUT2D eigenvalue weighted by atomic mass is 32.2. The molecule has 0 aliphatic carbocycles. The number of thioether (sulfide) groups is 1. The first kappa shape index (κ1) is 16.6. The molecule has 1 fully saturated rings. The molecule has 0 spiro atoms. The molecule has 1 unspecified atom stereocenters. The van der Waals surface area contributed by atoms with Crippen molar-refractivity contribution in [3.63, 3.8) is 0 Å². The van der Waals surface area contributed by atoms with Crippen LogP contribution in [0.15, 0.2) is 52.0 Å². The van der Waals surface area contributed by atoms with Gasteiger partial charge >= 0.3 is 5.97 Å². The molecule has 126 valence electrons. The van der Waals surface area contributed by atoms with E-state index < -0.39 is 11.4 Å². The van der Waals surface area contributed by atoms with Crippen molar-refractivity contribution < 1.29 is 19.1 Å². The lowest BCUT2D eigenvalue weighted by molar-refractivity contribution is -0.147. The van der Waals surface area contributed by atoms with Gasteiger partial charge in [0.15, 0.2) is 5.76 Å². The van der Waals surface area contributed by atoms with Gasteiger partial charge in [0.1, 0.15) is 0 Å².